The van der Waals surface area contributed by atoms with Gasteiger partial charge in [-0.3, -0.25) is 0 Å². The number of rotatable bonds is 2. The Balaban J connectivity index is 2.38. The van der Waals surface area contributed by atoms with Crippen molar-refractivity contribution in [3.63, 3.8) is 0 Å². The van der Waals surface area contributed by atoms with Crippen LogP contribution in [0.4, 0.5) is 32.0 Å². The molecule has 0 aliphatic carbocycles. The maximum atomic E-state index is 12.6. The zero-order valence-corrected chi connectivity index (χ0v) is 10.1. The molecule has 0 aliphatic rings. The molecule has 0 saturated heterocycles. The summed E-state index contributed by atoms with van der Waals surface area (Å²) in [5, 5.41) is 3.07. The molecule has 0 amide bonds. The van der Waals surface area contributed by atoms with Crippen LogP contribution in [0.15, 0.2) is 22.7 Å². The van der Waals surface area contributed by atoms with E-state index in [1.165, 1.54) is 0 Å². The Morgan fingerprint density at radius 1 is 1.10 bits per heavy atom. The molecule has 1 heterocycles. The molecule has 0 atom stereocenters. The number of anilines is 1. The van der Waals surface area contributed by atoms with Crippen LogP contribution in [-0.4, -0.2) is 16.3 Å². The van der Waals surface area contributed by atoms with Crippen LogP contribution in [0.1, 0.15) is 11.4 Å². The highest BCUT2D eigenvalue weighted by atomic mass is 19.4. The molecular formula is C11H7F6N3O. The van der Waals surface area contributed by atoms with Crippen molar-refractivity contribution in [2.45, 2.75) is 18.8 Å². The number of benzene rings is 1. The summed E-state index contributed by atoms with van der Waals surface area (Å²) in [5.41, 5.74) is 4.07. The summed E-state index contributed by atoms with van der Waals surface area (Å²) in [6, 6.07) is 2.35. The van der Waals surface area contributed by atoms with Crippen molar-refractivity contribution in [2.75, 3.05) is 5.73 Å². The van der Waals surface area contributed by atoms with Gasteiger partial charge in [-0.25, -0.2) is 0 Å². The van der Waals surface area contributed by atoms with Gasteiger partial charge in [0.25, 0.3) is 5.89 Å². The molecule has 0 saturated carbocycles. The first kappa shape index (κ1) is 15.1. The van der Waals surface area contributed by atoms with Gasteiger partial charge in [0.1, 0.15) is 6.42 Å². The highest BCUT2D eigenvalue weighted by Crippen LogP contribution is 2.34. The van der Waals surface area contributed by atoms with E-state index in [9.17, 15) is 26.3 Å². The van der Waals surface area contributed by atoms with Gasteiger partial charge in [-0.1, -0.05) is 5.16 Å². The van der Waals surface area contributed by atoms with Crippen molar-refractivity contribution in [3.05, 3.63) is 29.6 Å². The van der Waals surface area contributed by atoms with Gasteiger partial charge >= 0.3 is 12.4 Å². The maximum absolute atomic E-state index is 12.6. The van der Waals surface area contributed by atoms with Gasteiger partial charge in [0.15, 0.2) is 5.82 Å². The standard InChI is InChI=1S/C11H7F6N3O/c12-10(13,14)4-8-19-9(21-20-8)6-3-5(11(15,16)17)1-2-7(6)18/h1-3H,4,18H2. The SMILES string of the molecule is Nc1ccc(C(F)(F)F)cc1-c1nc(CC(F)(F)F)no1. The Hall–Kier alpha value is -2.26. The van der Waals surface area contributed by atoms with Crippen LogP contribution in [0.3, 0.4) is 0 Å². The molecule has 1 aromatic heterocycles. The van der Waals surface area contributed by atoms with Crippen LogP contribution < -0.4 is 5.73 Å². The fraction of sp³-hybridized carbons (Fsp3) is 0.273. The smallest absolute Gasteiger partial charge is 0.398 e. The second-order valence-corrected chi connectivity index (χ2v) is 4.11. The Morgan fingerprint density at radius 3 is 2.33 bits per heavy atom. The average molecular weight is 311 g/mol. The lowest BCUT2D eigenvalue weighted by Gasteiger charge is -2.08. The number of hydrogen-bond acceptors (Lipinski definition) is 4. The topological polar surface area (TPSA) is 64.9 Å². The van der Waals surface area contributed by atoms with Crippen LogP contribution in [0.2, 0.25) is 0 Å². The van der Waals surface area contributed by atoms with Crippen LogP contribution >= 0.6 is 0 Å². The Labute approximate surface area is 113 Å². The van der Waals surface area contributed by atoms with E-state index in [4.69, 9.17) is 5.73 Å². The van der Waals surface area contributed by atoms with Crippen molar-refractivity contribution in [1.82, 2.24) is 10.1 Å². The summed E-state index contributed by atoms with van der Waals surface area (Å²) in [6.45, 7) is 0. The van der Waals surface area contributed by atoms with E-state index >= 15 is 0 Å². The predicted molar refractivity (Wildman–Crippen MR) is 58.9 cm³/mol. The quantitative estimate of drug-likeness (QED) is 0.681. The minimum atomic E-state index is -4.63. The van der Waals surface area contributed by atoms with Gasteiger partial charge in [-0.05, 0) is 18.2 Å². The second kappa shape index (κ2) is 4.93. The summed E-state index contributed by atoms with van der Waals surface area (Å²) in [5.74, 6) is -1.19. The number of alkyl halides is 6. The van der Waals surface area contributed by atoms with Crippen LogP contribution in [0, 0.1) is 0 Å². The van der Waals surface area contributed by atoms with Gasteiger partial charge in [-0.15, -0.1) is 0 Å². The highest BCUT2D eigenvalue weighted by molar-refractivity contribution is 5.71. The first-order chi connectivity index (χ1) is 9.56. The molecule has 2 rings (SSSR count). The van der Waals surface area contributed by atoms with Gasteiger partial charge in [-0.2, -0.15) is 31.3 Å². The van der Waals surface area contributed by atoms with E-state index in [1.807, 2.05) is 0 Å². The second-order valence-electron chi connectivity index (χ2n) is 4.11. The zero-order chi connectivity index (χ0) is 15.8. The summed E-state index contributed by atoms with van der Waals surface area (Å²) in [6.07, 6.45) is -10.6. The van der Waals surface area contributed by atoms with E-state index in [2.05, 4.69) is 14.7 Å². The number of nitrogen functional groups attached to an aromatic ring is 1. The van der Waals surface area contributed by atoms with Crippen molar-refractivity contribution in [3.8, 4) is 11.5 Å². The Kier molecular flexibility index (Phi) is 3.56. The van der Waals surface area contributed by atoms with Crippen LogP contribution in [-0.2, 0) is 12.6 Å². The van der Waals surface area contributed by atoms with Crippen molar-refractivity contribution < 1.29 is 30.9 Å². The lowest BCUT2D eigenvalue weighted by molar-refractivity contribution is -0.137. The molecular weight excluding hydrogens is 304 g/mol. The molecule has 1 aromatic carbocycles. The number of aromatic nitrogens is 2. The monoisotopic (exact) mass is 311 g/mol. The molecule has 0 radical (unpaired) electrons. The highest BCUT2D eigenvalue weighted by Gasteiger charge is 2.33. The molecule has 4 nitrogen and oxygen atoms in total. The third-order valence-corrected chi connectivity index (χ3v) is 2.44. The molecule has 0 spiro atoms. The lowest BCUT2D eigenvalue weighted by atomic mass is 10.1. The molecule has 0 aliphatic heterocycles. The summed E-state index contributed by atoms with van der Waals surface area (Å²) >= 11 is 0. The summed E-state index contributed by atoms with van der Waals surface area (Å²) in [4.78, 5) is 3.40. The van der Waals surface area contributed by atoms with E-state index in [-0.39, 0.29) is 11.3 Å². The fourth-order valence-electron chi connectivity index (χ4n) is 1.53. The molecule has 21 heavy (non-hydrogen) atoms. The molecule has 10 heteroatoms. The van der Waals surface area contributed by atoms with E-state index < -0.39 is 36.1 Å². The van der Waals surface area contributed by atoms with Crippen molar-refractivity contribution >= 4 is 5.69 Å². The molecule has 0 unspecified atom stereocenters. The van der Waals surface area contributed by atoms with Gasteiger partial charge in [0, 0.05) is 5.69 Å². The van der Waals surface area contributed by atoms with Gasteiger partial charge < -0.3 is 10.3 Å². The third-order valence-electron chi connectivity index (χ3n) is 2.44. The van der Waals surface area contributed by atoms with Crippen LogP contribution in [0.5, 0.6) is 0 Å². The van der Waals surface area contributed by atoms with E-state index in [1.54, 1.807) is 0 Å². The van der Waals surface area contributed by atoms with E-state index in [0.29, 0.717) is 6.07 Å². The van der Waals surface area contributed by atoms with Crippen molar-refractivity contribution in [2.24, 2.45) is 0 Å². The fourth-order valence-corrected chi connectivity index (χ4v) is 1.53. The molecule has 2 aromatic rings. The Morgan fingerprint density at radius 2 is 1.76 bits per heavy atom. The zero-order valence-electron chi connectivity index (χ0n) is 10.1. The lowest BCUT2D eigenvalue weighted by Crippen LogP contribution is -2.12. The third kappa shape index (κ3) is 3.64. The number of halogens is 6. The van der Waals surface area contributed by atoms with Gasteiger partial charge in [0.05, 0.1) is 11.1 Å². The first-order valence-corrected chi connectivity index (χ1v) is 5.43. The first-order valence-electron chi connectivity index (χ1n) is 5.43. The minimum absolute atomic E-state index is 0.120. The maximum Gasteiger partial charge on any atom is 0.416 e. The molecule has 2 N–H and O–H groups in total. The molecule has 0 bridgehead atoms. The normalized spacial score (nSPS) is 12.7. The predicted octanol–water partition coefficient (Wildman–Crippen LogP) is 3.44. The largest absolute Gasteiger partial charge is 0.416 e. The van der Waals surface area contributed by atoms with Crippen molar-refractivity contribution in [1.29, 1.82) is 0 Å². The summed E-state index contributed by atoms with van der Waals surface area (Å²) < 4.78 is 78.8. The molecule has 114 valence electrons. The molecule has 0 fully saturated rings. The number of nitrogens with zero attached hydrogens (tertiary/aromatic N) is 2. The number of hydrogen-bond donors (Lipinski definition) is 1. The van der Waals surface area contributed by atoms with Gasteiger partial charge in [0.2, 0.25) is 0 Å². The van der Waals surface area contributed by atoms with Crippen LogP contribution in [0.25, 0.3) is 11.5 Å². The summed E-state index contributed by atoms with van der Waals surface area (Å²) in [7, 11) is 0. The average Bonchev–Trinajstić information content (AvgIpc) is 2.73. The van der Waals surface area contributed by atoms with E-state index in [0.717, 1.165) is 12.1 Å². The minimum Gasteiger partial charge on any atom is -0.398 e. The number of nitrogens with two attached hydrogens (primary N) is 1. The Bertz CT molecular complexity index is 646.